The van der Waals surface area contributed by atoms with Crippen molar-refractivity contribution in [2.75, 3.05) is 11.9 Å². The van der Waals surface area contributed by atoms with Crippen LogP contribution in [0.15, 0.2) is 29.3 Å². The number of carbonyl (C=O) groups excluding carboxylic acids is 1. The molecule has 1 saturated heterocycles. The molecule has 2 fully saturated rings. The van der Waals surface area contributed by atoms with Crippen LogP contribution in [0, 0.1) is 6.92 Å². The summed E-state index contributed by atoms with van der Waals surface area (Å²) in [7, 11) is 2.07. The van der Waals surface area contributed by atoms with Gasteiger partial charge < -0.3 is 4.90 Å². The Morgan fingerprint density at radius 1 is 1.24 bits per heavy atom. The van der Waals surface area contributed by atoms with Crippen molar-refractivity contribution in [3.63, 3.8) is 0 Å². The van der Waals surface area contributed by atoms with Crippen LogP contribution >= 0.6 is 24.2 Å². The van der Waals surface area contributed by atoms with E-state index in [0.717, 1.165) is 10.9 Å². The molecule has 1 aliphatic carbocycles. The quantitative estimate of drug-likeness (QED) is 0.775. The van der Waals surface area contributed by atoms with Gasteiger partial charge in [-0.1, -0.05) is 42.3 Å². The lowest BCUT2D eigenvalue weighted by molar-refractivity contribution is -0.117. The lowest BCUT2D eigenvalue weighted by Gasteiger charge is -2.35. The number of aryl methyl sites for hydroxylation is 1. The molecule has 25 heavy (non-hydrogen) atoms. The van der Waals surface area contributed by atoms with Crippen LogP contribution in [0.4, 0.5) is 5.69 Å². The van der Waals surface area contributed by atoms with Crippen LogP contribution in [0.25, 0.3) is 0 Å². The van der Waals surface area contributed by atoms with E-state index in [1.807, 2.05) is 17.0 Å². The van der Waals surface area contributed by atoms with Gasteiger partial charge in [-0.3, -0.25) is 14.7 Å². The third-order valence-electron chi connectivity index (χ3n) is 4.94. The maximum atomic E-state index is 12.4. The Kier molecular flexibility index (Phi) is 6.80. The van der Waals surface area contributed by atoms with Gasteiger partial charge in [0.1, 0.15) is 6.17 Å². The van der Waals surface area contributed by atoms with Crippen molar-refractivity contribution < 1.29 is 4.79 Å². The molecule has 1 heterocycles. The average Bonchev–Trinajstić information content (AvgIpc) is 3.13. The van der Waals surface area contributed by atoms with Gasteiger partial charge in [-0.05, 0) is 38.8 Å². The van der Waals surface area contributed by atoms with Gasteiger partial charge in [0.2, 0.25) is 5.91 Å². The van der Waals surface area contributed by atoms with E-state index in [1.54, 1.807) is 18.7 Å². The largest absolute Gasteiger partial charge is 0.333 e. The van der Waals surface area contributed by atoms with Gasteiger partial charge in [0, 0.05) is 24.9 Å². The molecule has 1 amide bonds. The zero-order chi connectivity index (χ0) is 17.3. The molecule has 0 bridgehead atoms. The predicted molar refractivity (Wildman–Crippen MR) is 110 cm³/mol. The van der Waals surface area contributed by atoms with Crippen molar-refractivity contribution in [1.82, 2.24) is 4.90 Å². The minimum Gasteiger partial charge on any atom is -0.333 e. The van der Waals surface area contributed by atoms with Crippen molar-refractivity contribution >= 4 is 40.9 Å². The molecule has 1 aromatic carbocycles. The van der Waals surface area contributed by atoms with Gasteiger partial charge in [-0.25, -0.2) is 0 Å². The second-order valence-electron chi connectivity index (χ2n) is 6.92. The highest BCUT2D eigenvalue weighted by molar-refractivity contribution is 8.14. The number of thioether (sulfide) groups is 1. The molecule has 4 nitrogen and oxygen atoms in total. The molecule has 0 radical (unpaired) electrons. The highest BCUT2D eigenvalue weighted by Gasteiger charge is 2.40. The summed E-state index contributed by atoms with van der Waals surface area (Å²) >= 11 is 1.79. The number of benzene rings is 1. The van der Waals surface area contributed by atoms with Gasteiger partial charge in [0.05, 0.1) is 6.04 Å². The van der Waals surface area contributed by atoms with Crippen molar-refractivity contribution in [3.05, 3.63) is 29.8 Å². The fraction of sp³-hybridized carbons (Fsp3) is 0.579. The summed E-state index contributed by atoms with van der Waals surface area (Å²) < 4.78 is 0. The van der Waals surface area contributed by atoms with Crippen LogP contribution in [0.2, 0.25) is 0 Å². The number of halogens is 1. The molecule has 1 aliphatic heterocycles. The molecular weight excluding hydrogens is 354 g/mol. The summed E-state index contributed by atoms with van der Waals surface area (Å²) in [4.78, 5) is 21.5. The summed E-state index contributed by atoms with van der Waals surface area (Å²) in [5.41, 5.74) is 2.16. The van der Waals surface area contributed by atoms with Crippen LogP contribution in [0.5, 0.6) is 0 Å². The Bertz CT molecular complexity index is 628. The van der Waals surface area contributed by atoms with Crippen LogP contribution in [-0.4, -0.2) is 40.5 Å². The summed E-state index contributed by atoms with van der Waals surface area (Å²) in [6.45, 7) is 5.90. The van der Waals surface area contributed by atoms with Gasteiger partial charge in [-0.15, -0.1) is 12.4 Å². The molecular formula is C19H28ClN3OS. The minimum atomic E-state index is 0. The fourth-order valence-electron chi connectivity index (χ4n) is 3.66. The molecule has 138 valence electrons. The Labute approximate surface area is 161 Å². The highest BCUT2D eigenvalue weighted by atomic mass is 35.5. The topological polar surface area (TPSA) is 35.9 Å². The predicted octanol–water partition coefficient (Wildman–Crippen LogP) is 4.46. The lowest BCUT2D eigenvalue weighted by Crippen LogP contribution is -2.50. The number of rotatable bonds is 3. The van der Waals surface area contributed by atoms with Crippen LogP contribution < -0.4 is 4.90 Å². The summed E-state index contributed by atoms with van der Waals surface area (Å²) in [5, 5.41) is 1.37. The molecule has 1 saturated carbocycles. The highest BCUT2D eigenvalue weighted by Crippen LogP contribution is 2.36. The maximum absolute atomic E-state index is 12.4. The Morgan fingerprint density at radius 2 is 1.84 bits per heavy atom. The number of aliphatic imine (C=N–C) groups is 1. The molecule has 1 aromatic rings. The SMILES string of the molecule is CC(=O)N(c1ccc(C)cc1)C1C(C)SC(=NC2CCCC2)N1C.Cl. The van der Waals surface area contributed by atoms with Gasteiger partial charge in [-0.2, -0.15) is 0 Å². The van der Waals surface area contributed by atoms with E-state index in [0.29, 0.717) is 11.3 Å². The number of amides is 1. The number of amidine groups is 1. The summed E-state index contributed by atoms with van der Waals surface area (Å²) in [6, 6.07) is 8.66. The first kappa shape index (κ1) is 20.1. The monoisotopic (exact) mass is 381 g/mol. The maximum Gasteiger partial charge on any atom is 0.225 e. The smallest absolute Gasteiger partial charge is 0.225 e. The van der Waals surface area contributed by atoms with E-state index < -0.39 is 0 Å². The number of nitrogens with zero attached hydrogens (tertiary/aromatic N) is 3. The molecule has 2 aliphatic rings. The van der Waals surface area contributed by atoms with Gasteiger partial charge in [0.15, 0.2) is 5.17 Å². The van der Waals surface area contributed by atoms with Gasteiger partial charge in [0.25, 0.3) is 0 Å². The summed E-state index contributed by atoms with van der Waals surface area (Å²) in [5.74, 6) is 0.0743. The standard InChI is InChI=1S/C19H27N3OS.ClH/c1-13-9-11-17(12-10-13)22(15(3)23)18-14(2)24-19(21(18)4)20-16-7-5-6-8-16;/h9-12,14,16,18H,5-8H2,1-4H3;1H. The van der Waals surface area contributed by atoms with Gasteiger partial charge >= 0.3 is 0 Å². The van der Waals surface area contributed by atoms with Crippen LogP contribution in [0.1, 0.15) is 45.1 Å². The normalized spacial score (nSPS) is 25.3. The Morgan fingerprint density at radius 3 is 2.40 bits per heavy atom. The van der Waals surface area contributed by atoms with Crippen LogP contribution in [0.3, 0.4) is 0 Å². The first-order valence-corrected chi connectivity index (χ1v) is 9.69. The van der Waals surface area contributed by atoms with Crippen molar-refractivity contribution in [2.45, 2.75) is 63.9 Å². The second kappa shape index (κ2) is 8.45. The average molecular weight is 382 g/mol. The minimum absolute atomic E-state index is 0. The van der Waals surface area contributed by atoms with E-state index in [2.05, 4.69) is 37.9 Å². The zero-order valence-corrected chi connectivity index (χ0v) is 17.1. The number of anilines is 1. The molecule has 2 atom stereocenters. The Hall–Kier alpha value is -1.20. The van der Waals surface area contributed by atoms with Crippen molar-refractivity contribution in [3.8, 4) is 0 Å². The van der Waals surface area contributed by atoms with Crippen molar-refractivity contribution in [1.29, 1.82) is 0 Å². The summed E-state index contributed by atoms with van der Waals surface area (Å²) in [6.07, 6.45) is 4.99. The lowest BCUT2D eigenvalue weighted by atomic mass is 10.2. The fourth-order valence-corrected chi connectivity index (χ4v) is 4.90. The van der Waals surface area contributed by atoms with E-state index in [4.69, 9.17) is 4.99 Å². The molecule has 0 spiro atoms. The third kappa shape index (κ3) is 4.32. The van der Waals surface area contributed by atoms with E-state index in [-0.39, 0.29) is 24.5 Å². The molecule has 0 aromatic heterocycles. The third-order valence-corrected chi connectivity index (χ3v) is 6.16. The van der Waals surface area contributed by atoms with Crippen molar-refractivity contribution in [2.24, 2.45) is 4.99 Å². The van der Waals surface area contributed by atoms with E-state index in [9.17, 15) is 4.79 Å². The zero-order valence-electron chi connectivity index (χ0n) is 15.4. The van der Waals surface area contributed by atoms with E-state index in [1.165, 1.54) is 31.2 Å². The molecule has 0 N–H and O–H groups in total. The number of hydrogen-bond donors (Lipinski definition) is 0. The molecule has 2 unspecified atom stereocenters. The van der Waals surface area contributed by atoms with E-state index >= 15 is 0 Å². The first-order valence-electron chi connectivity index (χ1n) is 8.81. The number of carbonyl (C=O) groups is 1. The second-order valence-corrected chi connectivity index (χ2v) is 8.27. The first-order chi connectivity index (χ1) is 11.5. The van der Waals surface area contributed by atoms with Crippen LogP contribution in [-0.2, 0) is 4.79 Å². The molecule has 3 rings (SSSR count). The number of hydrogen-bond acceptors (Lipinski definition) is 3. The Balaban J connectivity index is 0.00000225. The molecule has 6 heteroatoms.